The molecule has 4 aliphatic rings. The Hall–Kier alpha value is -0.550. The Morgan fingerprint density at radius 3 is 2.41 bits per heavy atom. The summed E-state index contributed by atoms with van der Waals surface area (Å²) in [6.45, 7) is 13.4. The van der Waals surface area contributed by atoms with Crippen molar-refractivity contribution in [1.29, 1.82) is 5.26 Å². The lowest BCUT2D eigenvalue weighted by atomic mass is 9.44. The minimum absolute atomic E-state index is 0.411. The van der Waals surface area contributed by atoms with Gasteiger partial charge in [-0.3, -0.25) is 0 Å². The van der Waals surface area contributed by atoms with Gasteiger partial charge in [-0.05, 0) is 110 Å². The maximum atomic E-state index is 8.84. The third kappa shape index (κ3) is 4.54. The molecule has 0 amide bonds. The number of nitriles is 1. The zero-order valence-corrected chi connectivity index (χ0v) is 21.9. The van der Waals surface area contributed by atoms with Gasteiger partial charge in [0.2, 0.25) is 0 Å². The van der Waals surface area contributed by atoms with Gasteiger partial charge in [0.1, 0.15) is 0 Å². The Bertz CT molecular complexity index is 666. The van der Waals surface area contributed by atoms with E-state index < -0.39 is 0 Å². The van der Waals surface area contributed by atoms with Gasteiger partial charge in [-0.25, -0.2) is 0 Å². The van der Waals surface area contributed by atoms with Crippen molar-refractivity contribution in [2.45, 2.75) is 124 Å². The van der Waals surface area contributed by atoms with Crippen molar-refractivity contribution >= 4 is 0 Å². The summed E-state index contributed by atoms with van der Waals surface area (Å²) in [6, 6.07) is 2.24. The van der Waals surface area contributed by atoms with Crippen LogP contribution in [0, 0.1) is 63.6 Å². The summed E-state index contributed by atoms with van der Waals surface area (Å²) >= 11 is 0. The molecule has 0 aromatic carbocycles. The van der Waals surface area contributed by atoms with Crippen molar-refractivity contribution in [3.05, 3.63) is 0 Å². The number of nitrogens with zero attached hydrogens (tertiary/aromatic N) is 1. The van der Waals surface area contributed by atoms with E-state index in [2.05, 4.69) is 40.7 Å². The fourth-order valence-corrected chi connectivity index (χ4v) is 9.67. The maximum Gasteiger partial charge on any atom is 0.0645 e. The minimum Gasteiger partial charge on any atom is -0.377 e. The summed E-state index contributed by atoms with van der Waals surface area (Å²) in [5, 5.41) is 8.84. The van der Waals surface area contributed by atoms with Gasteiger partial charge in [0, 0.05) is 0 Å². The molecule has 0 spiro atoms. The molecule has 0 N–H and O–H groups in total. The first-order chi connectivity index (χ1) is 15.3. The van der Waals surface area contributed by atoms with Crippen LogP contribution in [0.15, 0.2) is 0 Å². The van der Waals surface area contributed by atoms with Gasteiger partial charge in [0.25, 0.3) is 0 Å². The van der Waals surface area contributed by atoms with E-state index in [9.17, 15) is 0 Å². The molecule has 5 unspecified atom stereocenters. The van der Waals surface area contributed by atoms with Crippen molar-refractivity contribution in [2.24, 2.45) is 52.3 Å². The van der Waals surface area contributed by atoms with Crippen LogP contribution in [0.1, 0.15) is 118 Å². The summed E-state index contributed by atoms with van der Waals surface area (Å²) in [5.74, 6) is 6.51. The quantitative estimate of drug-likeness (QED) is 0.354. The van der Waals surface area contributed by atoms with Crippen LogP contribution in [-0.2, 0) is 4.74 Å². The molecule has 0 saturated heterocycles. The zero-order chi connectivity index (χ0) is 22.9. The molecule has 4 fully saturated rings. The Morgan fingerprint density at radius 2 is 1.66 bits per heavy atom. The fraction of sp³-hybridized carbons (Fsp3) is 0.967. The Morgan fingerprint density at radius 1 is 0.906 bits per heavy atom. The van der Waals surface area contributed by atoms with Crippen LogP contribution in [0.4, 0.5) is 0 Å². The molecule has 4 aliphatic carbocycles. The first-order valence-corrected chi connectivity index (χ1v) is 14.3. The molecule has 4 saturated carbocycles. The summed E-state index contributed by atoms with van der Waals surface area (Å²) in [5.41, 5.74) is 1.15. The van der Waals surface area contributed by atoms with Crippen LogP contribution in [0.5, 0.6) is 0 Å². The van der Waals surface area contributed by atoms with E-state index in [1.165, 1.54) is 77.0 Å². The van der Waals surface area contributed by atoms with Crippen LogP contribution >= 0.6 is 0 Å². The van der Waals surface area contributed by atoms with Crippen LogP contribution in [0.2, 0.25) is 0 Å². The smallest absolute Gasteiger partial charge is 0.0645 e. The predicted octanol–water partition coefficient (Wildman–Crippen LogP) is 8.41. The number of hydrogen-bond acceptors (Lipinski definition) is 2. The summed E-state index contributed by atoms with van der Waals surface area (Å²) in [4.78, 5) is 0. The van der Waals surface area contributed by atoms with Crippen molar-refractivity contribution in [2.75, 3.05) is 6.61 Å². The average molecular weight is 442 g/mol. The number of hydrogen-bond donors (Lipinski definition) is 0. The van der Waals surface area contributed by atoms with Crippen LogP contribution < -0.4 is 0 Å². The molecule has 4 rings (SSSR count). The Balaban J connectivity index is 1.40. The van der Waals surface area contributed by atoms with Gasteiger partial charge in [-0.2, -0.15) is 5.26 Å². The van der Waals surface area contributed by atoms with Crippen molar-refractivity contribution in [1.82, 2.24) is 0 Å². The van der Waals surface area contributed by atoms with Crippen molar-refractivity contribution in [3.63, 3.8) is 0 Å². The second kappa shape index (κ2) is 9.98. The minimum atomic E-state index is 0.411. The van der Waals surface area contributed by atoms with Crippen LogP contribution in [-0.4, -0.2) is 12.7 Å². The third-order valence-electron chi connectivity index (χ3n) is 11.4. The monoisotopic (exact) mass is 441 g/mol. The normalized spacial score (nSPS) is 44.4. The molecule has 2 nitrogen and oxygen atoms in total. The topological polar surface area (TPSA) is 33.0 Å². The van der Waals surface area contributed by atoms with Crippen molar-refractivity contribution < 1.29 is 4.74 Å². The van der Waals surface area contributed by atoms with E-state index in [-0.39, 0.29) is 0 Å². The molecule has 182 valence electrons. The molecule has 0 heterocycles. The molecule has 0 radical (unpaired) electrons. The van der Waals surface area contributed by atoms with Crippen LogP contribution in [0.3, 0.4) is 0 Å². The van der Waals surface area contributed by atoms with E-state index in [1.54, 1.807) is 0 Å². The molecule has 2 heteroatoms. The lowest BCUT2D eigenvalue weighted by Crippen LogP contribution is -2.54. The largest absolute Gasteiger partial charge is 0.377 e. The molecular weight excluding hydrogens is 390 g/mol. The second-order valence-electron chi connectivity index (χ2n) is 13.4. The lowest BCUT2D eigenvalue weighted by Gasteiger charge is -2.61. The fourth-order valence-electron chi connectivity index (χ4n) is 9.67. The second-order valence-corrected chi connectivity index (χ2v) is 13.4. The number of rotatable bonds is 8. The van der Waals surface area contributed by atoms with Crippen molar-refractivity contribution in [3.8, 4) is 6.07 Å². The highest BCUT2D eigenvalue weighted by atomic mass is 16.5. The molecule has 0 aromatic rings. The van der Waals surface area contributed by atoms with Gasteiger partial charge >= 0.3 is 0 Å². The summed E-state index contributed by atoms with van der Waals surface area (Å²) in [6.07, 6.45) is 18.0. The number of fused-ring (bicyclic) bond motifs is 5. The first-order valence-electron chi connectivity index (χ1n) is 14.3. The van der Waals surface area contributed by atoms with E-state index >= 15 is 0 Å². The average Bonchev–Trinajstić information content (AvgIpc) is 3.11. The van der Waals surface area contributed by atoms with Gasteiger partial charge in [0.15, 0.2) is 0 Å². The standard InChI is InChI=1S/C30H51NO/c1-21(2)8-6-9-22(3)26-12-13-27-25-11-10-23-20-24(32-19-7-18-31)14-16-29(23,4)28(25)15-17-30(26,27)5/h21-28H,6-17,19-20H2,1-5H3/t22-,23?,24?,25?,26-,27?,28?,29+,30-/m1/s1. The van der Waals surface area contributed by atoms with Crippen LogP contribution in [0.25, 0.3) is 0 Å². The lowest BCUT2D eigenvalue weighted by molar-refractivity contribution is -0.136. The highest BCUT2D eigenvalue weighted by Crippen LogP contribution is 2.68. The molecule has 0 bridgehead atoms. The van der Waals surface area contributed by atoms with E-state index in [0.717, 1.165) is 41.4 Å². The van der Waals surface area contributed by atoms with Gasteiger partial charge in [0.05, 0.1) is 25.2 Å². The van der Waals surface area contributed by atoms with E-state index in [1.807, 2.05) is 0 Å². The Labute approximate surface area is 199 Å². The molecule has 0 aromatic heterocycles. The third-order valence-corrected chi connectivity index (χ3v) is 11.4. The SMILES string of the molecule is CC(C)CCC[C@@H](C)[C@H]1CCC2C3CCC4CC(OCCC#N)CC[C@]4(C)C3CC[C@@]21C. The molecule has 0 aliphatic heterocycles. The van der Waals surface area contributed by atoms with E-state index in [0.29, 0.717) is 30.0 Å². The number of ether oxygens (including phenoxy) is 1. The molecule has 9 atom stereocenters. The summed E-state index contributed by atoms with van der Waals surface area (Å²) < 4.78 is 6.10. The highest BCUT2D eigenvalue weighted by Gasteiger charge is 2.60. The van der Waals surface area contributed by atoms with E-state index in [4.69, 9.17) is 10.00 Å². The van der Waals surface area contributed by atoms with Gasteiger partial charge < -0.3 is 4.74 Å². The Kier molecular flexibility index (Phi) is 7.66. The predicted molar refractivity (Wildman–Crippen MR) is 133 cm³/mol. The molecular formula is C30H51NO. The molecule has 32 heavy (non-hydrogen) atoms. The summed E-state index contributed by atoms with van der Waals surface area (Å²) in [7, 11) is 0. The zero-order valence-electron chi connectivity index (χ0n) is 21.9. The first kappa shape index (κ1) is 24.6. The maximum absolute atomic E-state index is 8.84. The van der Waals surface area contributed by atoms with Gasteiger partial charge in [-0.1, -0.05) is 53.9 Å². The highest BCUT2D eigenvalue weighted by molar-refractivity contribution is 5.09. The van der Waals surface area contributed by atoms with Gasteiger partial charge in [-0.15, -0.1) is 0 Å².